The lowest BCUT2D eigenvalue weighted by atomic mass is 10.1. The monoisotopic (exact) mass is 206 g/mol. The van der Waals surface area contributed by atoms with Gasteiger partial charge in [-0.1, -0.05) is 30.3 Å². The number of fused-ring (bicyclic) bond motifs is 1. The van der Waals surface area contributed by atoms with Gasteiger partial charge in [-0.25, -0.2) is 13.6 Å². The van der Waals surface area contributed by atoms with Gasteiger partial charge in [0.25, 0.3) is 0 Å². The van der Waals surface area contributed by atoms with Crippen LogP contribution in [0, 0.1) is 6.07 Å². The van der Waals surface area contributed by atoms with Gasteiger partial charge < -0.3 is 0 Å². The lowest BCUT2D eigenvalue weighted by molar-refractivity contribution is 0.598. The van der Waals surface area contributed by atoms with Gasteiger partial charge in [-0.3, -0.25) is 0 Å². The molecule has 4 heteroatoms. The molecule has 0 aliphatic carbocycles. The minimum Gasteiger partial charge on any atom is -0.225 e. The molecule has 71 valence electrons. The van der Waals surface area contributed by atoms with Crippen LogP contribution in [0.5, 0.6) is 0 Å². The molecule has 2 N–H and O–H groups in total. The van der Waals surface area contributed by atoms with Crippen LogP contribution in [0.3, 0.4) is 0 Å². The molecule has 0 saturated heterocycles. The first-order valence-corrected chi connectivity index (χ1v) is 5.56. The fourth-order valence-electron chi connectivity index (χ4n) is 1.37. The van der Waals surface area contributed by atoms with Gasteiger partial charge in [0, 0.05) is 5.39 Å². The second-order valence-corrected chi connectivity index (χ2v) is 4.46. The van der Waals surface area contributed by atoms with Crippen LogP contribution < -0.4 is 5.14 Å². The van der Waals surface area contributed by atoms with Crippen molar-refractivity contribution in [1.82, 2.24) is 0 Å². The second kappa shape index (κ2) is 3.08. The molecular formula is C10H8NO2S. The maximum Gasteiger partial charge on any atom is 0.238 e. The van der Waals surface area contributed by atoms with Gasteiger partial charge in [-0.15, -0.1) is 0 Å². The predicted octanol–water partition coefficient (Wildman–Crippen LogP) is 1.29. The highest BCUT2D eigenvalue weighted by Crippen LogP contribution is 2.20. The Bertz CT molecular complexity index is 570. The Morgan fingerprint density at radius 1 is 1.14 bits per heavy atom. The zero-order valence-electron chi connectivity index (χ0n) is 7.27. The van der Waals surface area contributed by atoms with E-state index in [1.165, 1.54) is 6.07 Å². The van der Waals surface area contributed by atoms with Crippen molar-refractivity contribution in [2.75, 3.05) is 0 Å². The van der Waals surface area contributed by atoms with Crippen molar-refractivity contribution in [2.45, 2.75) is 4.90 Å². The van der Waals surface area contributed by atoms with E-state index in [2.05, 4.69) is 6.07 Å². The smallest absolute Gasteiger partial charge is 0.225 e. The van der Waals surface area contributed by atoms with E-state index in [0.717, 1.165) is 5.39 Å². The summed E-state index contributed by atoms with van der Waals surface area (Å²) in [6, 6.07) is 13.1. The molecule has 0 saturated carbocycles. The van der Waals surface area contributed by atoms with Gasteiger partial charge in [0.1, 0.15) is 0 Å². The normalized spacial score (nSPS) is 11.8. The molecule has 0 amide bonds. The van der Waals surface area contributed by atoms with Crippen LogP contribution in [0.25, 0.3) is 10.8 Å². The minimum absolute atomic E-state index is 0.145. The van der Waals surface area contributed by atoms with Gasteiger partial charge in [0.2, 0.25) is 10.0 Å². The van der Waals surface area contributed by atoms with E-state index in [4.69, 9.17) is 5.14 Å². The lowest BCUT2D eigenvalue weighted by Crippen LogP contribution is -2.12. The Labute approximate surface area is 82.2 Å². The van der Waals surface area contributed by atoms with Crippen molar-refractivity contribution in [3.05, 3.63) is 42.5 Å². The molecule has 0 aliphatic rings. The van der Waals surface area contributed by atoms with Crippen molar-refractivity contribution >= 4 is 20.8 Å². The Hall–Kier alpha value is -1.39. The summed E-state index contributed by atoms with van der Waals surface area (Å²) in [4.78, 5) is 0.145. The van der Waals surface area contributed by atoms with E-state index in [9.17, 15) is 8.42 Å². The first-order valence-electron chi connectivity index (χ1n) is 4.01. The van der Waals surface area contributed by atoms with Crippen LogP contribution >= 0.6 is 0 Å². The Morgan fingerprint density at radius 3 is 2.57 bits per heavy atom. The first-order chi connectivity index (χ1) is 6.59. The molecule has 0 heterocycles. The number of sulfonamides is 1. The molecule has 0 fully saturated rings. The van der Waals surface area contributed by atoms with E-state index in [1.807, 2.05) is 6.07 Å². The third-order valence-electron chi connectivity index (χ3n) is 1.97. The van der Waals surface area contributed by atoms with E-state index >= 15 is 0 Å². The molecular weight excluding hydrogens is 198 g/mol. The molecule has 2 rings (SSSR count). The van der Waals surface area contributed by atoms with Crippen LogP contribution in [-0.2, 0) is 10.0 Å². The van der Waals surface area contributed by atoms with E-state index in [1.54, 1.807) is 24.3 Å². The molecule has 14 heavy (non-hydrogen) atoms. The largest absolute Gasteiger partial charge is 0.238 e. The van der Waals surface area contributed by atoms with Crippen LogP contribution in [-0.4, -0.2) is 8.42 Å². The lowest BCUT2D eigenvalue weighted by Gasteiger charge is -2.02. The average Bonchev–Trinajstić information content (AvgIpc) is 2.15. The van der Waals surface area contributed by atoms with E-state index in [0.29, 0.717) is 5.39 Å². The molecule has 2 aromatic carbocycles. The molecule has 0 spiro atoms. The van der Waals surface area contributed by atoms with Crippen LogP contribution in [0.1, 0.15) is 0 Å². The summed E-state index contributed by atoms with van der Waals surface area (Å²) in [6.07, 6.45) is 0. The highest BCUT2D eigenvalue weighted by Gasteiger charge is 2.10. The molecule has 0 unspecified atom stereocenters. The van der Waals surface area contributed by atoms with Crippen molar-refractivity contribution in [2.24, 2.45) is 5.14 Å². The number of nitrogens with two attached hydrogens (primary N) is 1. The zero-order chi connectivity index (χ0) is 10.2. The number of primary sulfonamides is 1. The molecule has 0 bridgehead atoms. The summed E-state index contributed by atoms with van der Waals surface area (Å²) in [5, 5.41) is 6.44. The van der Waals surface area contributed by atoms with Crippen molar-refractivity contribution in [1.29, 1.82) is 0 Å². The molecule has 0 aliphatic heterocycles. The average molecular weight is 206 g/mol. The fraction of sp³-hybridized carbons (Fsp3) is 0. The summed E-state index contributed by atoms with van der Waals surface area (Å²) >= 11 is 0. The third kappa shape index (κ3) is 1.49. The Morgan fingerprint density at radius 2 is 1.86 bits per heavy atom. The standard InChI is InChI=1S/C10H8NO2S/c11-14(12,13)10-7-3-5-8-4-1-2-6-9(8)10/h1-4,6-7H,(H2,11,12,13). The number of benzene rings is 2. The van der Waals surface area contributed by atoms with Crippen molar-refractivity contribution < 1.29 is 8.42 Å². The zero-order valence-corrected chi connectivity index (χ0v) is 8.08. The fourth-order valence-corrected chi connectivity index (χ4v) is 2.11. The number of hydrogen-bond donors (Lipinski definition) is 1. The molecule has 1 radical (unpaired) electrons. The molecule has 3 nitrogen and oxygen atoms in total. The summed E-state index contributed by atoms with van der Waals surface area (Å²) in [5.41, 5.74) is 0. The highest BCUT2D eigenvalue weighted by atomic mass is 32.2. The summed E-state index contributed by atoms with van der Waals surface area (Å²) in [7, 11) is -3.65. The van der Waals surface area contributed by atoms with Crippen LogP contribution in [0.4, 0.5) is 0 Å². The van der Waals surface area contributed by atoms with Crippen molar-refractivity contribution in [3.63, 3.8) is 0 Å². The SMILES string of the molecule is NS(=O)(=O)c1cc[c]c2ccccc12. The van der Waals surface area contributed by atoms with Gasteiger partial charge in [0.15, 0.2) is 0 Å². The predicted molar refractivity (Wildman–Crippen MR) is 54.2 cm³/mol. The topological polar surface area (TPSA) is 60.2 Å². The van der Waals surface area contributed by atoms with Crippen LogP contribution in [0.15, 0.2) is 41.3 Å². The maximum atomic E-state index is 11.2. The number of rotatable bonds is 1. The molecule has 2 aromatic rings. The summed E-state index contributed by atoms with van der Waals surface area (Å²) < 4.78 is 22.4. The van der Waals surface area contributed by atoms with Gasteiger partial charge in [-0.2, -0.15) is 0 Å². The van der Waals surface area contributed by atoms with Gasteiger partial charge in [0.05, 0.1) is 4.90 Å². The highest BCUT2D eigenvalue weighted by molar-refractivity contribution is 7.89. The Kier molecular flexibility index (Phi) is 2.02. The van der Waals surface area contributed by atoms with Gasteiger partial charge >= 0.3 is 0 Å². The first kappa shape index (κ1) is 9.18. The van der Waals surface area contributed by atoms with Gasteiger partial charge in [-0.05, 0) is 17.5 Å². The van der Waals surface area contributed by atoms with Crippen LogP contribution in [0.2, 0.25) is 0 Å². The quantitative estimate of drug-likeness (QED) is 0.764. The third-order valence-corrected chi connectivity index (χ3v) is 2.94. The second-order valence-electron chi connectivity index (χ2n) is 2.93. The van der Waals surface area contributed by atoms with E-state index < -0.39 is 10.0 Å². The maximum absolute atomic E-state index is 11.2. The number of hydrogen-bond acceptors (Lipinski definition) is 2. The minimum atomic E-state index is -3.65. The van der Waals surface area contributed by atoms with Crippen molar-refractivity contribution in [3.8, 4) is 0 Å². The molecule has 0 atom stereocenters. The van der Waals surface area contributed by atoms with E-state index in [-0.39, 0.29) is 4.90 Å². The molecule has 0 aromatic heterocycles. The summed E-state index contributed by atoms with van der Waals surface area (Å²) in [5.74, 6) is 0. The Balaban J connectivity index is 2.92. The summed E-state index contributed by atoms with van der Waals surface area (Å²) in [6.45, 7) is 0.